The Morgan fingerprint density at radius 1 is 0.425 bits per heavy atom. The Morgan fingerprint density at radius 3 is 1.62 bits per heavy atom. The molecule has 0 atom stereocenters. The van der Waals surface area contributed by atoms with Gasteiger partial charge in [0.05, 0.1) is 0 Å². The molecule has 0 aliphatic carbocycles. The van der Waals surface area contributed by atoms with E-state index < -0.39 is 0 Å². The van der Waals surface area contributed by atoms with E-state index in [1.807, 2.05) is 30.3 Å². The van der Waals surface area contributed by atoms with Crippen LogP contribution in [-0.4, -0.2) is 25.5 Å². The number of fused-ring (bicyclic) bond motifs is 2. The van der Waals surface area contributed by atoms with Crippen molar-refractivity contribution in [2.45, 2.75) is 12.8 Å². The van der Waals surface area contributed by atoms with Gasteiger partial charge in [0.25, 0.3) is 0 Å². The fourth-order valence-electron chi connectivity index (χ4n) is 5.12. The molecule has 0 amide bonds. The van der Waals surface area contributed by atoms with E-state index in [9.17, 15) is 25.5 Å². The summed E-state index contributed by atoms with van der Waals surface area (Å²) in [7, 11) is 0. The lowest BCUT2D eigenvalue weighted by Gasteiger charge is -2.19. The summed E-state index contributed by atoms with van der Waals surface area (Å²) < 4.78 is 6.59. The first-order valence-corrected chi connectivity index (χ1v) is 12.8. The van der Waals surface area contributed by atoms with E-state index in [0.29, 0.717) is 40.5 Å². The number of hydrogen-bond acceptors (Lipinski definition) is 6. The third kappa shape index (κ3) is 4.78. The van der Waals surface area contributed by atoms with Crippen molar-refractivity contribution in [2.24, 2.45) is 0 Å². The van der Waals surface area contributed by atoms with Gasteiger partial charge in [0, 0.05) is 40.8 Å². The van der Waals surface area contributed by atoms with Gasteiger partial charge in [-0.15, -0.1) is 0 Å². The molecule has 0 saturated carbocycles. The first-order chi connectivity index (χ1) is 19.4. The first kappa shape index (κ1) is 24.9. The van der Waals surface area contributed by atoms with E-state index in [-0.39, 0.29) is 28.7 Å². The minimum absolute atomic E-state index is 0.0120. The molecule has 0 fully saturated rings. The Labute approximate surface area is 230 Å². The molecule has 0 radical (unpaired) electrons. The second-order valence-electron chi connectivity index (χ2n) is 9.81. The van der Waals surface area contributed by atoms with Crippen molar-refractivity contribution in [3.63, 3.8) is 0 Å². The summed E-state index contributed by atoms with van der Waals surface area (Å²) in [5, 5.41) is 54.0. The van der Waals surface area contributed by atoms with Crippen LogP contribution in [0.2, 0.25) is 0 Å². The maximum absolute atomic E-state index is 10.9. The fourth-order valence-corrected chi connectivity index (χ4v) is 5.12. The zero-order valence-corrected chi connectivity index (χ0v) is 21.4. The maximum Gasteiger partial charge on any atom is 0.135 e. The molecule has 0 aliphatic heterocycles. The lowest BCUT2D eigenvalue weighted by atomic mass is 9.95. The Hall–Kier alpha value is -5.36. The average Bonchev–Trinajstić information content (AvgIpc) is 2.94. The Morgan fingerprint density at radius 2 is 0.975 bits per heavy atom. The highest BCUT2D eigenvalue weighted by Crippen LogP contribution is 2.42. The normalized spacial score (nSPS) is 11.2. The van der Waals surface area contributed by atoms with Gasteiger partial charge in [0.15, 0.2) is 0 Å². The molecule has 6 heteroatoms. The molecule has 0 unspecified atom stereocenters. The van der Waals surface area contributed by atoms with Crippen molar-refractivity contribution in [2.75, 3.05) is 0 Å². The number of aromatic hydroxyl groups is 5. The van der Waals surface area contributed by atoms with Crippen LogP contribution in [0, 0.1) is 0 Å². The molecule has 6 aromatic carbocycles. The summed E-state index contributed by atoms with van der Waals surface area (Å²) in [6.07, 6.45) is 0.877. The van der Waals surface area contributed by atoms with Crippen molar-refractivity contribution in [3.8, 4) is 40.2 Å². The van der Waals surface area contributed by atoms with E-state index in [1.165, 1.54) is 6.07 Å². The number of ether oxygens (including phenoxy) is 1. The molecule has 6 rings (SSSR count). The summed E-state index contributed by atoms with van der Waals surface area (Å²) in [5.74, 6) is 1.51. The van der Waals surface area contributed by atoms with Crippen molar-refractivity contribution in [3.05, 3.63) is 125 Å². The summed E-state index contributed by atoms with van der Waals surface area (Å²) >= 11 is 0. The molecular weight excluding hydrogens is 504 g/mol. The lowest BCUT2D eigenvalue weighted by molar-refractivity contribution is 0.454. The van der Waals surface area contributed by atoms with Crippen LogP contribution in [0.15, 0.2) is 103 Å². The molecule has 0 aliphatic rings. The van der Waals surface area contributed by atoms with Crippen LogP contribution in [0.1, 0.15) is 22.3 Å². The third-order valence-corrected chi connectivity index (χ3v) is 7.13. The molecule has 0 spiro atoms. The second-order valence-corrected chi connectivity index (χ2v) is 9.81. The number of rotatable bonds is 6. The summed E-state index contributed by atoms with van der Waals surface area (Å²) in [5.41, 5.74) is 3.42. The standard InChI is InChI=1S/C34H26O6/c35-22-8-4-20(5-9-22)16-29-25-2-1-3-31(38)26(25)14-15-33(29)40-34-19-32(39)27-13-12-24(37)18-28(27)30(34)17-21-6-10-23(36)11-7-21/h1-15,18-19,35-39H,16-17H2. The van der Waals surface area contributed by atoms with Crippen LogP contribution in [-0.2, 0) is 12.8 Å². The number of phenolic OH excluding ortho intramolecular Hbond substituents is 5. The van der Waals surface area contributed by atoms with Crippen LogP contribution in [0.5, 0.6) is 40.2 Å². The molecule has 0 saturated heterocycles. The van der Waals surface area contributed by atoms with Gasteiger partial charge in [0.1, 0.15) is 40.2 Å². The van der Waals surface area contributed by atoms with Gasteiger partial charge in [-0.1, -0.05) is 36.4 Å². The minimum atomic E-state index is 0.0120. The van der Waals surface area contributed by atoms with Crippen molar-refractivity contribution < 1.29 is 30.3 Å². The number of hydrogen-bond donors (Lipinski definition) is 5. The van der Waals surface area contributed by atoms with Crippen LogP contribution in [0.3, 0.4) is 0 Å². The highest BCUT2D eigenvalue weighted by Gasteiger charge is 2.19. The maximum atomic E-state index is 10.9. The van der Waals surface area contributed by atoms with E-state index >= 15 is 0 Å². The SMILES string of the molecule is Oc1ccc(Cc2c(Oc3cc(O)c4ccc(O)cc4c3Cc3ccc(O)cc3)ccc3c(O)cccc23)cc1. The first-order valence-electron chi connectivity index (χ1n) is 12.8. The minimum Gasteiger partial charge on any atom is -0.508 e. The van der Waals surface area contributed by atoms with Crippen molar-refractivity contribution in [1.29, 1.82) is 0 Å². The number of benzene rings is 6. The molecule has 40 heavy (non-hydrogen) atoms. The van der Waals surface area contributed by atoms with Crippen LogP contribution >= 0.6 is 0 Å². The fraction of sp³-hybridized carbons (Fsp3) is 0.0588. The largest absolute Gasteiger partial charge is 0.508 e. The lowest BCUT2D eigenvalue weighted by Crippen LogP contribution is -2.00. The Balaban J connectivity index is 1.53. The molecular formula is C34H26O6. The monoisotopic (exact) mass is 530 g/mol. The van der Waals surface area contributed by atoms with Gasteiger partial charge in [-0.2, -0.15) is 0 Å². The van der Waals surface area contributed by atoms with Gasteiger partial charge in [-0.05, 0) is 82.6 Å². The van der Waals surface area contributed by atoms with Gasteiger partial charge < -0.3 is 30.3 Å². The van der Waals surface area contributed by atoms with Gasteiger partial charge in [-0.25, -0.2) is 0 Å². The van der Waals surface area contributed by atoms with E-state index in [1.54, 1.807) is 66.7 Å². The smallest absolute Gasteiger partial charge is 0.135 e. The highest BCUT2D eigenvalue weighted by molar-refractivity contribution is 5.95. The molecule has 5 N–H and O–H groups in total. The topological polar surface area (TPSA) is 110 Å². The van der Waals surface area contributed by atoms with E-state index in [0.717, 1.165) is 27.6 Å². The molecule has 6 nitrogen and oxygen atoms in total. The molecule has 6 aromatic rings. The van der Waals surface area contributed by atoms with Crippen LogP contribution < -0.4 is 4.74 Å². The predicted molar refractivity (Wildman–Crippen MR) is 155 cm³/mol. The zero-order chi connectivity index (χ0) is 27.8. The third-order valence-electron chi connectivity index (χ3n) is 7.13. The quantitative estimate of drug-likeness (QED) is 0.153. The van der Waals surface area contributed by atoms with Gasteiger partial charge in [0.2, 0.25) is 0 Å². The number of phenols is 5. The molecule has 0 heterocycles. The summed E-state index contributed by atoms with van der Waals surface area (Å²) in [4.78, 5) is 0. The Bertz CT molecular complexity index is 1860. The van der Waals surface area contributed by atoms with Gasteiger partial charge in [-0.3, -0.25) is 0 Å². The Kier molecular flexibility index (Phi) is 6.28. The highest BCUT2D eigenvalue weighted by atomic mass is 16.5. The molecule has 198 valence electrons. The summed E-state index contributed by atoms with van der Waals surface area (Å²) in [6.45, 7) is 0. The van der Waals surface area contributed by atoms with Crippen molar-refractivity contribution in [1.82, 2.24) is 0 Å². The van der Waals surface area contributed by atoms with E-state index in [4.69, 9.17) is 4.74 Å². The predicted octanol–water partition coefficient (Wildman–Crippen LogP) is 7.49. The van der Waals surface area contributed by atoms with Crippen molar-refractivity contribution >= 4 is 21.5 Å². The second kappa shape index (κ2) is 10.1. The van der Waals surface area contributed by atoms with Gasteiger partial charge >= 0.3 is 0 Å². The summed E-state index contributed by atoms with van der Waals surface area (Å²) in [6, 6.07) is 29.1. The van der Waals surface area contributed by atoms with Crippen LogP contribution in [0.25, 0.3) is 21.5 Å². The van der Waals surface area contributed by atoms with E-state index in [2.05, 4.69) is 0 Å². The molecule has 0 bridgehead atoms. The zero-order valence-electron chi connectivity index (χ0n) is 21.4. The van der Waals surface area contributed by atoms with Crippen LogP contribution in [0.4, 0.5) is 0 Å². The average molecular weight is 531 g/mol. The molecule has 0 aromatic heterocycles.